The summed E-state index contributed by atoms with van der Waals surface area (Å²) in [5.41, 5.74) is 2.34. The summed E-state index contributed by atoms with van der Waals surface area (Å²) < 4.78 is 5.45. The van der Waals surface area contributed by atoms with Crippen LogP contribution < -0.4 is 10.1 Å². The van der Waals surface area contributed by atoms with Crippen LogP contribution in [0.15, 0.2) is 18.2 Å². The molecule has 1 aromatic rings. The van der Waals surface area contributed by atoms with E-state index in [0.717, 1.165) is 11.3 Å². The molecule has 3 unspecified atom stereocenters. The first-order valence-corrected chi connectivity index (χ1v) is 7.86. The van der Waals surface area contributed by atoms with Crippen molar-refractivity contribution in [2.45, 2.75) is 38.1 Å². The molecule has 0 fully saturated rings. The predicted octanol–water partition coefficient (Wildman–Crippen LogP) is 2.77. The lowest BCUT2D eigenvalue weighted by Crippen LogP contribution is -2.39. The van der Waals surface area contributed by atoms with Gasteiger partial charge in [0.05, 0.1) is 13.7 Å². The third kappa shape index (κ3) is 4.41. The van der Waals surface area contributed by atoms with Gasteiger partial charge in [-0.2, -0.15) is 11.8 Å². The van der Waals surface area contributed by atoms with Gasteiger partial charge in [0.15, 0.2) is 0 Å². The van der Waals surface area contributed by atoms with Crippen LogP contribution in [-0.2, 0) is 0 Å². The third-order valence-corrected chi connectivity index (χ3v) is 4.57. The highest BCUT2D eigenvalue weighted by Crippen LogP contribution is 2.27. The Kier molecular flexibility index (Phi) is 6.69. The molecule has 19 heavy (non-hydrogen) atoms. The zero-order chi connectivity index (χ0) is 14.4. The molecular formula is C15H25NO2S. The lowest BCUT2D eigenvalue weighted by atomic mass is 10.0. The number of hydrogen-bond donors (Lipinski definition) is 2. The highest BCUT2D eigenvalue weighted by Gasteiger charge is 2.19. The van der Waals surface area contributed by atoms with Gasteiger partial charge in [0.25, 0.3) is 0 Å². The molecule has 3 nitrogen and oxygen atoms in total. The van der Waals surface area contributed by atoms with Crippen molar-refractivity contribution in [1.82, 2.24) is 5.32 Å². The number of nitrogens with one attached hydrogen (secondary N) is 1. The normalized spacial score (nSPS) is 15.9. The predicted molar refractivity (Wildman–Crippen MR) is 83.1 cm³/mol. The highest BCUT2D eigenvalue weighted by atomic mass is 32.2. The van der Waals surface area contributed by atoms with Crippen molar-refractivity contribution in [3.05, 3.63) is 29.3 Å². The standard InChI is InChI=1S/C15H25NO2S/c1-10-6-7-13(14(8-10)18-4)11(2)16-12(3)15(9-17)19-5/h6-8,11-12,15-17H,9H2,1-5H3. The van der Waals surface area contributed by atoms with Crippen LogP contribution in [0.25, 0.3) is 0 Å². The smallest absolute Gasteiger partial charge is 0.123 e. The van der Waals surface area contributed by atoms with Gasteiger partial charge in [0, 0.05) is 22.9 Å². The van der Waals surface area contributed by atoms with Crippen molar-refractivity contribution in [2.24, 2.45) is 0 Å². The van der Waals surface area contributed by atoms with Crippen LogP contribution in [0.4, 0.5) is 0 Å². The van der Waals surface area contributed by atoms with E-state index in [1.807, 2.05) is 6.26 Å². The number of methoxy groups -OCH3 is 1. The first-order valence-electron chi connectivity index (χ1n) is 6.57. The van der Waals surface area contributed by atoms with Crippen molar-refractivity contribution in [1.29, 1.82) is 0 Å². The number of aliphatic hydroxyl groups excluding tert-OH is 1. The molecule has 0 amide bonds. The molecule has 0 aliphatic rings. The van der Waals surface area contributed by atoms with E-state index in [4.69, 9.17) is 4.74 Å². The van der Waals surface area contributed by atoms with E-state index < -0.39 is 0 Å². The van der Waals surface area contributed by atoms with Crippen LogP contribution in [0.1, 0.15) is 31.0 Å². The summed E-state index contributed by atoms with van der Waals surface area (Å²) in [5.74, 6) is 0.914. The van der Waals surface area contributed by atoms with Gasteiger partial charge < -0.3 is 15.2 Å². The van der Waals surface area contributed by atoms with E-state index >= 15 is 0 Å². The van der Waals surface area contributed by atoms with E-state index in [0.29, 0.717) is 0 Å². The summed E-state index contributed by atoms with van der Waals surface area (Å²) >= 11 is 1.68. The Morgan fingerprint density at radius 1 is 1.37 bits per heavy atom. The molecule has 0 spiro atoms. The molecule has 0 saturated carbocycles. The summed E-state index contributed by atoms with van der Waals surface area (Å²) in [4.78, 5) is 0. The van der Waals surface area contributed by atoms with E-state index in [1.54, 1.807) is 18.9 Å². The van der Waals surface area contributed by atoms with Crippen LogP contribution in [0.2, 0.25) is 0 Å². The monoisotopic (exact) mass is 283 g/mol. The van der Waals surface area contributed by atoms with E-state index in [9.17, 15) is 5.11 Å². The number of thioether (sulfide) groups is 1. The van der Waals surface area contributed by atoms with Gasteiger partial charge in [-0.05, 0) is 38.7 Å². The fourth-order valence-electron chi connectivity index (χ4n) is 2.20. The van der Waals surface area contributed by atoms with Gasteiger partial charge in [-0.15, -0.1) is 0 Å². The second-order valence-electron chi connectivity index (χ2n) is 4.88. The number of aliphatic hydroxyl groups is 1. The van der Waals surface area contributed by atoms with Gasteiger partial charge in [0.2, 0.25) is 0 Å². The Labute approximate surface area is 120 Å². The number of ether oxygens (including phenoxy) is 1. The van der Waals surface area contributed by atoms with Gasteiger partial charge in [-0.3, -0.25) is 0 Å². The molecule has 2 N–H and O–H groups in total. The summed E-state index contributed by atoms with van der Waals surface area (Å²) in [6.07, 6.45) is 2.02. The fourth-order valence-corrected chi connectivity index (χ4v) is 2.84. The molecule has 0 bridgehead atoms. The third-order valence-electron chi connectivity index (χ3n) is 3.41. The SMILES string of the molecule is COc1cc(C)ccc1C(C)NC(C)C(CO)SC. The van der Waals surface area contributed by atoms with Crippen molar-refractivity contribution in [2.75, 3.05) is 20.0 Å². The summed E-state index contributed by atoms with van der Waals surface area (Å²) in [7, 11) is 1.70. The second-order valence-corrected chi connectivity index (χ2v) is 5.96. The van der Waals surface area contributed by atoms with Gasteiger partial charge in [-0.25, -0.2) is 0 Å². The summed E-state index contributed by atoms with van der Waals surface area (Å²) in [6.45, 7) is 6.47. The Balaban J connectivity index is 2.80. The van der Waals surface area contributed by atoms with Crippen LogP contribution >= 0.6 is 11.8 Å². The van der Waals surface area contributed by atoms with Crippen LogP contribution in [0, 0.1) is 6.92 Å². The maximum atomic E-state index is 9.33. The van der Waals surface area contributed by atoms with Crippen molar-refractivity contribution < 1.29 is 9.84 Å². The summed E-state index contributed by atoms with van der Waals surface area (Å²) in [6, 6.07) is 6.67. The maximum Gasteiger partial charge on any atom is 0.123 e. The van der Waals surface area contributed by atoms with E-state index in [2.05, 4.69) is 44.3 Å². The van der Waals surface area contributed by atoms with Crippen molar-refractivity contribution in [3.63, 3.8) is 0 Å². The molecule has 0 heterocycles. The zero-order valence-electron chi connectivity index (χ0n) is 12.4. The van der Waals surface area contributed by atoms with Crippen molar-refractivity contribution in [3.8, 4) is 5.75 Å². The molecular weight excluding hydrogens is 258 g/mol. The van der Waals surface area contributed by atoms with Crippen LogP contribution in [-0.4, -0.2) is 36.4 Å². The highest BCUT2D eigenvalue weighted by molar-refractivity contribution is 7.99. The molecule has 108 valence electrons. The van der Waals surface area contributed by atoms with E-state index in [1.165, 1.54) is 5.56 Å². The Bertz CT molecular complexity index is 394. The number of aryl methyl sites for hydroxylation is 1. The lowest BCUT2D eigenvalue weighted by Gasteiger charge is -2.26. The summed E-state index contributed by atoms with van der Waals surface area (Å²) in [5, 5.41) is 13.1. The lowest BCUT2D eigenvalue weighted by molar-refractivity contribution is 0.271. The number of hydrogen-bond acceptors (Lipinski definition) is 4. The second kappa shape index (κ2) is 7.78. The van der Waals surface area contributed by atoms with Gasteiger partial charge in [0.1, 0.15) is 5.75 Å². The molecule has 3 atom stereocenters. The number of rotatable bonds is 7. The largest absolute Gasteiger partial charge is 0.496 e. The van der Waals surface area contributed by atoms with Crippen molar-refractivity contribution >= 4 is 11.8 Å². The van der Waals surface area contributed by atoms with Crippen LogP contribution in [0.5, 0.6) is 5.75 Å². The zero-order valence-corrected chi connectivity index (χ0v) is 13.3. The molecule has 0 aliphatic carbocycles. The van der Waals surface area contributed by atoms with Gasteiger partial charge >= 0.3 is 0 Å². The number of benzene rings is 1. The average Bonchev–Trinajstić information content (AvgIpc) is 2.39. The first-order chi connectivity index (χ1) is 9.03. The van der Waals surface area contributed by atoms with E-state index in [-0.39, 0.29) is 23.9 Å². The molecule has 4 heteroatoms. The maximum absolute atomic E-state index is 9.33. The first kappa shape index (κ1) is 16.3. The minimum absolute atomic E-state index is 0.187. The minimum atomic E-state index is 0.187. The average molecular weight is 283 g/mol. The molecule has 0 radical (unpaired) electrons. The molecule has 0 aliphatic heterocycles. The van der Waals surface area contributed by atoms with Crippen LogP contribution in [0.3, 0.4) is 0 Å². The fraction of sp³-hybridized carbons (Fsp3) is 0.600. The van der Waals surface area contributed by atoms with Gasteiger partial charge in [-0.1, -0.05) is 12.1 Å². The molecule has 0 aromatic heterocycles. The Morgan fingerprint density at radius 3 is 2.58 bits per heavy atom. The molecule has 1 rings (SSSR count). The molecule has 1 aromatic carbocycles. The molecule has 0 saturated heterocycles. The quantitative estimate of drug-likeness (QED) is 0.807. The Morgan fingerprint density at radius 2 is 2.05 bits per heavy atom. The minimum Gasteiger partial charge on any atom is -0.496 e. The Hall–Kier alpha value is -0.710. The topological polar surface area (TPSA) is 41.5 Å².